The molecule has 2 N–H and O–H groups in total. The summed E-state index contributed by atoms with van der Waals surface area (Å²) < 4.78 is 0. The fourth-order valence-electron chi connectivity index (χ4n) is 1.93. The summed E-state index contributed by atoms with van der Waals surface area (Å²) in [4.78, 5) is 11.8. The van der Waals surface area contributed by atoms with E-state index in [1.54, 1.807) is 12.1 Å². The van der Waals surface area contributed by atoms with Gasteiger partial charge in [0.15, 0.2) is 5.78 Å². The summed E-state index contributed by atoms with van der Waals surface area (Å²) >= 11 is 5.86. The van der Waals surface area contributed by atoms with Gasteiger partial charge in [-0.05, 0) is 37.1 Å². The van der Waals surface area contributed by atoms with Crippen molar-refractivity contribution in [1.82, 2.24) is 0 Å². The minimum Gasteiger partial charge on any atom is -0.327 e. The Labute approximate surface area is 88.1 Å². The third-order valence-corrected chi connectivity index (χ3v) is 2.98. The highest BCUT2D eigenvalue weighted by Gasteiger charge is 2.32. The first kappa shape index (κ1) is 9.69. The molecule has 1 aromatic carbocycles. The standard InChI is InChI=1S/C11H12ClNO/c1-6(13)10-5-7-4-8(12)2-3-9(7)11(10)14/h2-4,6,10H,5,13H2,1H3. The van der Waals surface area contributed by atoms with Crippen molar-refractivity contribution in [2.75, 3.05) is 0 Å². The van der Waals surface area contributed by atoms with Gasteiger partial charge in [0.1, 0.15) is 0 Å². The number of carbonyl (C=O) groups excluding carboxylic acids is 1. The quantitative estimate of drug-likeness (QED) is 0.769. The van der Waals surface area contributed by atoms with E-state index in [9.17, 15) is 4.79 Å². The lowest BCUT2D eigenvalue weighted by atomic mass is 9.98. The van der Waals surface area contributed by atoms with E-state index in [0.717, 1.165) is 17.5 Å². The van der Waals surface area contributed by atoms with Crippen molar-refractivity contribution >= 4 is 17.4 Å². The Hall–Kier alpha value is -0.860. The van der Waals surface area contributed by atoms with Crippen molar-refractivity contribution in [3.8, 4) is 0 Å². The summed E-state index contributed by atoms with van der Waals surface area (Å²) in [6.45, 7) is 1.87. The number of hydrogen-bond acceptors (Lipinski definition) is 2. The number of nitrogens with two attached hydrogens (primary N) is 1. The molecular weight excluding hydrogens is 198 g/mol. The van der Waals surface area contributed by atoms with Crippen LogP contribution in [0, 0.1) is 5.92 Å². The van der Waals surface area contributed by atoms with E-state index in [2.05, 4.69) is 0 Å². The molecule has 2 unspecified atom stereocenters. The summed E-state index contributed by atoms with van der Waals surface area (Å²) in [5.41, 5.74) is 7.57. The maximum Gasteiger partial charge on any atom is 0.168 e. The van der Waals surface area contributed by atoms with Crippen LogP contribution in [0.2, 0.25) is 5.02 Å². The van der Waals surface area contributed by atoms with Gasteiger partial charge in [-0.3, -0.25) is 4.79 Å². The molecule has 2 nitrogen and oxygen atoms in total. The molecule has 2 rings (SSSR count). The lowest BCUT2D eigenvalue weighted by Crippen LogP contribution is -2.30. The zero-order chi connectivity index (χ0) is 10.3. The largest absolute Gasteiger partial charge is 0.327 e. The number of Topliss-reactive ketones (excluding diaryl/α,β-unsaturated/α-hetero) is 1. The van der Waals surface area contributed by atoms with Crippen LogP contribution in [-0.2, 0) is 6.42 Å². The third-order valence-electron chi connectivity index (χ3n) is 2.74. The first-order chi connectivity index (χ1) is 6.59. The average Bonchev–Trinajstić information content (AvgIpc) is 2.43. The Bertz CT molecular complexity index is 387. The smallest absolute Gasteiger partial charge is 0.168 e. The van der Waals surface area contributed by atoms with Crippen molar-refractivity contribution in [2.45, 2.75) is 19.4 Å². The zero-order valence-electron chi connectivity index (χ0n) is 7.96. The van der Waals surface area contributed by atoms with Gasteiger partial charge < -0.3 is 5.73 Å². The first-order valence-electron chi connectivity index (χ1n) is 4.68. The van der Waals surface area contributed by atoms with Crippen LogP contribution in [-0.4, -0.2) is 11.8 Å². The monoisotopic (exact) mass is 209 g/mol. The molecule has 2 atom stereocenters. The third kappa shape index (κ3) is 1.45. The number of rotatable bonds is 1. The fourth-order valence-corrected chi connectivity index (χ4v) is 2.12. The van der Waals surface area contributed by atoms with Crippen LogP contribution in [0.4, 0.5) is 0 Å². The topological polar surface area (TPSA) is 43.1 Å². The van der Waals surface area contributed by atoms with E-state index in [0.29, 0.717) is 5.02 Å². The second kappa shape index (κ2) is 3.37. The fraction of sp³-hybridized carbons (Fsp3) is 0.364. The number of carbonyl (C=O) groups is 1. The molecule has 14 heavy (non-hydrogen) atoms. The van der Waals surface area contributed by atoms with Crippen LogP contribution in [0.25, 0.3) is 0 Å². The van der Waals surface area contributed by atoms with Gasteiger partial charge in [-0.25, -0.2) is 0 Å². The Morgan fingerprint density at radius 1 is 1.57 bits per heavy atom. The van der Waals surface area contributed by atoms with E-state index >= 15 is 0 Å². The van der Waals surface area contributed by atoms with E-state index in [-0.39, 0.29) is 17.7 Å². The maximum atomic E-state index is 11.8. The SMILES string of the molecule is CC(N)C1Cc2cc(Cl)ccc2C1=O. The summed E-state index contributed by atoms with van der Waals surface area (Å²) in [6.07, 6.45) is 0.729. The van der Waals surface area contributed by atoms with E-state index in [1.165, 1.54) is 0 Å². The second-order valence-corrected chi connectivity index (χ2v) is 4.27. The lowest BCUT2D eigenvalue weighted by Gasteiger charge is -2.10. The summed E-state index contributed by atoms with van der Waals surface area (Å²) in [7, 11) is 0. The van der Waals surface area contributed by atoms with E-state index in [4.69, 9.17) is 17.3 Å². The number of halogens is 1. The Balaban J connectivity index is 2.40. The van der Waals surface area contributed by atoms with Crippen molar-refractivity contribution in [1.29, 1.82) is 0 Å². The van der Waals surface area contributed by atoms with Crippen molar-refractivity contribution in [3.05, 3.63) is 34.3 Å². The molecule has 0 aliphatic heterocycles. The summed E-state index contributed by atoms with van der Waals surface area (Å²) in [5, 5.41) is 0.682. The minimum absolute atomic E-state index is 0.0662. The molecule has 0 saturated heterocycles. The Morgan fingerprint density at radius 2 is 2.29 bits per heavy atom. The van der Waals surface area contributed by atoms with Crippen LogP contribution in [0.5, 0.6) is 0 Å². The van der Waals surface area contributed by atoms with Gasteiger partial charge in [-0.15, -0.1) is 0 Å². The molecule has 0 fully saturated rings. The van der Waals surface area contributed by atoms with Gasteiger partial charge in [0.25, 0.3) is 0 Å². The van der Waals surface area contributed by atoms with Gasteiger partial charge >= 0.3 is 0 Å². The molecule has 0 saturated carbocycles. The highest BCUT2D eigenvalue weighted by Crippen LogP contribution is 2.30. The number of hydrogen-bond donors (Lipinski definition) is 1. The van der Waals surface area contributed by atoms with Crippen LogP contribution in [0.15, 0.2) is 18.2 Å². The molecule has 0 radical (unpaired) electrons. The Morgan fingerprint density at radius 3 is 2.93 bits per heavy atom. The Kier molecular flexibility index (Phi) is 2.33. The van der Waals surface area contributed by atoms with Crippen molar-refractivity contribution in [2.24, 2.45) is 11.7 Å². The van der Waals surface area contributed by atoms with Crippen molar-refractivity contribution < 1.29 is 4.79 Å². The van der Waals surface area contributed by atoms with Crippen molar-refractivity contribution in [3.63, 3.8) is 0 Å². The van der Waals surface area contributed by atoms with Gasteiger partial charge in [0.2, 0.25) is 0 Å². The zero-order valence-corrected chi connectivity index (χ0v) is 8.71. The van der Waals surface area contributed by atoms with Crippen LogP contribution < -0.4 is 5.73 Å². The normalized spacial score (nSPS) is 22.2. The van der Waals surface area contributed by atoms with E-state index in [1.807, 2.05) is 13.0 Å². The molecular formula is C11H12ClNO. The molecule has 0 aromatic heterocycles. The van der Waals surface area contributed by atoms with Gasteiger partial charge in [-0.2, -0.15) is 0 Å². The van der Waals surface area contributed by atoms with Gasteiger partial charge in [0, 0.05) is 22.5 Å². The number of benzene rings is 1. The van der Waals surface area contributed by atoms with Gasteiger partial charge in [-0.1, -0.05) is 11.6 Å². The predicted molar refractivity (Wildman–Crippen MR) is 56.6 cm³/mol. The molecule has 0 bridgehead atoms. The summed E-state index contributed by atoms with van der Waals surface area (Å²) in [5.74, 6) is 0.0927. The minimum atomic E-state index is -0.0892. The predicted octanol–water partition coefficient (Wildman–Crippen LogP) is 2.04. The highest BCUT2D eigenvalue weighted by molar-refractivity contribution is 6.30. The van der Waals surface area contributed by atoms with Crippen LogP contribution >= 0.6 is 11.6 Å². The molecule has 0 spiro atoms. The molecule has 1 aliphatic rings. The number of fused-ring (bicyclic) bond motifs is 1. The highest BCUT2D eigenvalue weighted by atomic mass is 35.5. The molecule has 1 aromatic rings. The molecule has 1 aliphatic carbocycles. The molecule has 0 amide bonds. The van der Waals surface area contributed by atoms with Crippen LogP contribution in [0.3, 0.4) is 0 Å². The second-order valence-electron chi connectivity index (χ2n) is 3.84. The molecule has 3 heteroatoms. The van der Waals surface area contributed by atoms with E-state index < -0.39 is 0 Å². The number of ketones is 1. The average molecular weight is 210 g/mol. The summed E-state index contributed by atoms with van der Waals surface area (Å²) in [6, 6.07) is 5.31. The first-order valence-corrected chi connectivity index (χ1v) is 5.05. The molecule has 74 valence electrons. The lowest BCUT2D eigenvalue weighted by molar-refractivity contribution is 0.0924. The van der Waals surface area contributed by atoms with Gasteiger partial charge in [0.05, 0.1) is 0 Å². The van der Waals surface area contributed by atoms with Crippen LogP contribution in [0.1, 0.15) is 22.8 Å². The maximum absolute atomic E-state index is 11.8. The molecule has 0 heterocycles.